The lowest BCUT2D eigenvalue weighted by Gasteiger charge is -2.08. The summed E-state index contributed by atoms with van der Waals surface area (Å²) in [5.74, 6) is 0.827. The van der Waals surface area contributed by atoms with Gasteiger partial charge in [0.15, 0.2) is 0 Å². The highest BCUT2D eigenvalue weighted by atomic mass is 127. The van der Waals surface area contributed by atoms with Gasteiger partial charge in [0.05, 0.1) is 0 Å². The van der Waals surface area contributed by atoms with Gasteiger partial charge in [0, 0.05) is 19.2 Å². The second-order valence-corrected chi connectivity index (χ2v) is 5.57. The first-order valence-corrected chi connectivity index (χ1v) is 6.81. The van der Waals surface area contributed by atoms with Crippen molar-refractivity contribution >= 4 is 45.8 Å². The number of hydrogen-bond acceptors (Lipinski definition) is 1. The molecule has 0 bridgehead atoms. The monoisotopic (exact) mass is 378 g/mol. The van der Waals surface area contributed by atoms with Crippen LogP contribution in [0.3, 0.4) is 0 Å². The van der Waals surface area contributed by atoms with E-state index in [2.05, 4.69) is 22.6 Å². The Labute approximate surface area is 124 Å². The number of ether oxygens (including phenoxy) is 1. The molecular weight excluding hydrogens is 370 g/mol. The highest BCUT2D eigenvalue weighted by Crippen LogP contribution is 2.23. The summed E-state index contributed by atoms with van der Waals surface area (Å²) < 4.78 is 6.80. The van der Waals surface area contributed by atoms with Gasteiger partial charge < -0.3 is 4.74 Å². The average Bonchev–Trinajstić information content (AvgIpc) is 2.30. The molecule has 0 fully saturated rings. The van der Waals surface area contributed by atoms with Gasteiger partial charge in [0.25, 0.3) is 0 Å². The van der Waals surface area contributed by atoms with Gasteiger partial charge in [-0.1, -0.05) is 29.3 Å². The van der Waals surface area contributed by atoms with Gasteiger partial charge in [0.1, 0.15) is 12.4 Å². The molecule has 0 aromatic heterocycles. The van der Waals surface area contributed by atoms with Crippen molar-refractivity contribution in [2.24, 2.45) is 0 Å². The molecule has 0 aliphatic heterocycles. The Morgan fingerprint density at radius 3 is 2.65 bits per heavy atom. The zero-order valence-electron chi connectivity index (χ0n) is 8.79. The average molecular weight is 379 g/mol. The third kappa shape index (κ3) is 3.76. The molecule has 2 aromatic carbocycles. The van der Waals surface area contributed by atoms with Crippen LogP contribution in [0.4, 0.5) is 0 Å². The highest BCUT2D eigenvalue weighted by molar-refractivity contribution is 14.1. The minimum Gasteiger partial charge on any atom is -0.489 e. The van der Waals surface area contributed by atoms with Gasteiger partial charge in [-0.2, -0.15) is 0 Å². The molecule has 2 aromatic rings. The van der Waals surface area contributed by atoms with Gasteiger partial charge in [-0.25, -0.2) is 0 Å². The number of rotatable bonds is 3. The molecule has 0 amide bonds. The molecule has 0 saturated carbocycles. The van der Waals surface area contributed by atoms with Crippen LogP contribution in [0.25, 0.3) is 0 Å². The van der Waals surface area contributed by atoms with E-state index in [9.17, 15) is 0 Å². The van der Waals surface area contributed by atoms with Crippen molar-refractivity contribution in [1.82, 2.24) is 0 Å². The zero-order chi connectivity index (χ0) is 12.3. The van der Waals surface area contributed by atoms with E-state index in [0.717, 1.165) is 14.9 Å². The minimum atomic E-state index is 0.416. The first-order valence-electron chi connectivity index (χ1n) is 4.97. The molecule has 0 radical (unpaired) electrons. The molecule has 1 nitrogen and oxygen atoms in total. The van der Waals surface area contributed by atoms with Crippen LogP contribution in [0.1, 0.15) is 5.56 Å². The zero-order valence-corrected chi connectivity index (χ0v) is 12.5. The normalized spacial score (nSPS) is 10.3. The topological polar surface area (TPSA) is 9.23 Å². The number of halogens is 3. The summed E-state index contributed by atoms with van der Waals surface area (Å²) in [6.07, 6.45) is 0. The summed E-state index contributed by atoms with van der Waals surface area (Å²) in [5, 5.41) is 1.33. The lowest BCUT2D eigenvalue weighted by molar-refractivity contribution is 0.306. The van der Waals surface area contributed by atoms with Crippen LogP contribution in [0, 0.1) is 3.57 Å². The SMILES string of the molecule is Clc1ccc(Cl)c(COc2cccc(I)c2)c1. The van der Waals surface area contributed by atoms with E-state index >= 15 is 0 Å². The summed E-state index contributed by atoms with van der Waals surface area (Å²) in [7, 11) is 0. The van der Waals surface area contributed by atoms with Crippen LogP contribution in [0.5, 0.6) is 5.75 Å². The lowest BCUT2D eigenvalue weighted by Crippen LogP contribution is -1.96. The summed E-state index contributed by atoms with van der Waals surface area (Å²) >= 11 is 14.2. The summed E-state index contributed by atoms with van der Waals surface area (Å²) in [4.78, 5) is 0. The van der Waals surface area contributed by atoms with Gasteiger partial charge in [-0.05, 0) is 59.0 Å². The van der Waals surface area contributed by atoms with E-state index in [1.165, 1.54) is 0 Å². The third-order valence-corrected chi connectivity index (χ3v) is 3.47. The predicted octanol–water partition coefficient (Wildman–Crippen LogP) is 5.18. The Morgan fingerprint density at radius 2 is 1.88 bits per heavy atom. The molecule has 2 rings (SSSR count). The van der Waals surface area contributed by atoms with E-state index in [4.69, 9.17) is 27.9 Å². The molecule has 0 heterocycles. The number of hydrogen-bond donors (Lipinski definition) is 0. The largest absolute Gasteiger partial charge is 0.489 e. The number of benzene rings is 2. The summed E-state index contributed by atoms with van der Waals surface area (Å²) in [5.41, 5.74) is 0.887. The Hall–Kier alpha value is -0.450. The first kappa shape index (κ1) is 13.0. The summed E-state index contributed by atoms with van der Waals surface area (Å²) in [6.45, 7) is 0.416. The second kappa shape index (κ2) is 5.94. The quantitative estimate of drug-likeness (QED) is 0.669. The molecule has 0 saturated heterocycles. The van der Waals surface area contributed by atoms with E-state index in [-0.39, 0.29) is 0 Å². The van der Waals surface area contributed by atoms with Crippen molar-refractivity contribution in [3.8, 4) is 5.75 Å². The fourth-order valence-corrected chi connectivity index (χ4v) is 2.25. The molecule has 0 atom stereocenters. The van der Waals surface area contributed by atoms with Crippen molar-refractivity contribution in [3.05, 3.63) is 61.6 Å². The third-order valence-electron chi connectivity index (χ3n) is 2.20. The minimum absolute atomic E-state index is 0.416. The smallest absolute Gasteiger partial charge is 0.120 e. The molecule has 88 valence electrons. The fourth-order valence-electron chi connectivity index (χ4n) is 1.37. The van der Waals surface area contributed by atoms with Crippen molar-refractivity contribution in [2.75, 3.05) is 0 Å². The first-order chi connectivity index (χ1) is 8.15. The van der Waals surface area contributed by atoms with Gasteiger partial charge in [-0.15, -0.1) is 0 Å². The van der Waals surface area contributed by atoms with E-state index in [1.54, 1.807) is 12.1 Å². The van der Waals surface area contributed by atoms with Crippen LogP contribution >= 0.6 is 45.8 Å². The molecule has 0 N–H and O–H groups in total. The van der Waals surface area contributed by atoms with Gasteiger partial charge in [-0.3, -0.25) is 0 Å². The van der Waals surface area contributed by atoms with Gasteiger partial charge >= 0.3 is 0 Å². The highest BCUT2D eigenvalue weighted by Gasteiger charge is 2.02. The summed E-state index contributed by atoms with van der Waals surface area (Å²) in [6, 6.07) is 13.2. The fraction of sp³-hybridized carbons (Fsp3) is 0.0769. The molecule has 0 unspecified atom stereocenters. The van der Waals surface area contributed by atoms with Crippen molar-refractivity contribution in [1.29, 1.82) is 0 Å². The maximum atomic E-state index is 6.05. The second-order valence-electron chi connectivity index (χ2n) is 3.48. The molecule has 0 spiro atoms. The maximum absolute atomic E-state index is 6.05. The predicted molar refractivity (Wildman–Crippen MR) is 80.0 cm³/mol. The van der Waals surface area contributed by atoms with Gasteiger partial charge in [0.2, 0.25) is 0 Å². The Morgan fingerprint density at radius 1 is 1.06 bits per heavy atom. The lowest BCUT2D eigenvalue weighted by atomic mass is 10.2. The molecule has 17 heavy (non-hydrogen) atoms. The Kier molecular flexibility index (Phi) is 4.54. The van der Waals surface area contributed by atoms with Crippen LogP contribution in [0.15, 0.2) is 42.5 Å². The van der Waals surface area contributed by atoms with Crippen LogP contribution in [-0.4, -0.2) is 0 Å². The van der Waals surface area contributed by atoms with Crippen LogP contribution in [-0.2, 0) is 6.61 Å². The molecule has 4 heteroatoms. The molecular formula is C13H9Cl2IO. The van der Waals surface area contributed by atoms with Crippen molar-refractivity contribution in [3.63, 3.8) is 0 Å². The Balaban J connectivity index is 2.09. The standard InChI is InChI=1S/C13H9Cl2IO/c14-10-4-5-13(15)9(6-10)8-17-12-3-1-2-11(16)7-12/h1-7H,8H2. The van der Waals surface area contributed by atoms with Crippen LogP contribution in [0.2, 0.25) is 10.0 Å². The van der Waals surface area contributed by atoms with E-state index in [1.807, 2.05) is 30.3 Å². The maximum Gasteiger partial charge on any atom is 0.120 e. The molecule has 0 aliphatic carbocycles. The van der Waals surface area contributed by atoms with E-state index < -0.39 is 0 Å². The Bertz CT molecular complexity index is 529. The van der Waals surface area contributed by atoms with E-state index in [0.29, 0.717) is 16.7 Å². The molecule has 0 aliphatic rings. The van der Waals surface area contributed by atoms with Crippen molar-refractivity contribution < 1.29 is 4.74 Å². The van der Waals surface area contributed by atoms with Crippen molar-refractivity contribution in [2.45, 2.75) is 6.61 Å². The van der Waals surface area contributed by atoms with Crippen LogP contribution < -0.4 is 4.74 Å².